The van der Waals surface area contributed by atoms with Gasteiger partial charge in [0, 0.05) is 67.0 Å². The minimum atomic E-state index is -1.11. The Kier molecular flexibility index (Phi) is 13.1. The molecule has 7 nitrogen and oxygen atoms in total. The van der Waals surface area contributed by atoms with E-state index in [1.807, 2.05) is 45.8 Å². The number of fused-ring (bicyclic) bond motifs is 2. The zero-order valence-electron chi connectivity index (χ0n) is 25.7. The van der Waals surface area contributed by atoms with Gasteiger partial charge in [-0.05, 0) is 48.5 Å². The summed E-state index contributed by atoms with van der Waals surface area (Å²) in [6.07, 6.45) is 3.85. The van der Waals surface area contributed by atoms with Gasteiger partial charge in [-0.2, -0.15) is 0 Å². The maximum atomic E-state index is 12.1. The van der Waals surface area contributed by atoms with E-state index in [0.717, 1.165) is 49.5 Å². The third kappa shape index (κ3) is 10.2. The number of carboxylic acids is 1. The Morgan fingerprint density at radius 3 is 1.53 bits per heavy atom. The molecule has 0 atom stereocenters. The molecule has 0 amide bonds. The van der Waals surface area contributed by atoms with E-state index in [4.69, 9.17) is 9.47 Å². The van der Waals surface area contributed by atoms with Crippen molar-refractivity contribution in [2.24, 2.45) is 0 Å². The first-order valence-electron chi connectivity index (χ1n) is 14.2. The molecule has 0 fully saturated rings. The summed E-state index contributed by atoms with van der Waals surface area (Å²) in [7, 11) is -2.19. The number of rotatable bonds is 13. The van der Waals surface area contributed by atoms with E-state index in [9.17, 15) is 14.7 Å². The number of ether oxygens (including phenoxy) is 2. The number of ketones is 1. The van der Waals surface area contributed by atoms with Crippen LogP contribution in [0.25, 0.3) is 21.8 Å². The van der Waals surface area contributed by atoms with Crippen molar-refractivity contribution >= 4 is 97.5 Å². The minimum absolute atomic E-state index is 0.0829. The Morgan fingerprint density at radius 2 is 1.14 bits per heavy atom. The Morgan fingerprint density at radius 1 is 0.721 bits per heavy atom. The highest BCUT2D eigenvalue weighted by molar-refractivity contribution is 9.11. The van der Waals surface area contributed by atoms with Gasteiger partial charge in [0.05, 0.1) is 21.9 Å². The maximum absolute atomic E-state index is 12.1. The highest BCUT2D eigenvalue weighted by atomic mass is 79.9. The molecule has 1 N–H and O–H groups in total. The zero-order valence-corrected chi connectivity index (χ0v) is 32.4. The van der Waals surface area contributed by atoms with E-state index in [0.29, 0.717) is 36.5 Å². The smallest absolute Gasteiger partial charge is 0.337 e. The lowest BCUT2D eigenvalue weighted by Crippen LogP contribution is -2.22. The fraction of sp³-hybridized carbons (Fsp3) is 0.419. The SMILES string of the molecule is C[Si](C)(C)CCOCn1ccc2c(Br)ccc(C(=O)CBr)c21.C[Si](C)(C)CCOCn1ccc2c(Br)ccc(C(=O)O)c21. The highest BCUT2D eigenvalue weighted by Crippen LogP contribution is 2.30. The van der Waals surface area contributed by atoms with Crippen molar-refractivity contribution in [2.75, 3.05) is 18.5 Å². The minimum Gasteiger partial charge on any atom is -0.478 e. The van der Waals surface area contributed by atoms with Crippen LogP contribution in [0.5, 0.6) is 0 Å². The Bertz CT molecular complexity index is 1570. The third-order valence-electron chi connectivity index (χ3n) is 6.85. The highest BCUT2D eigenvalue weighted by Gasteiger charge is 2.17. The molecule has 0 radical (unpaired) electrons. The molecule has 4 aromatic rings. The predicted octanol–water partition coefficient (Wildman–Crippen LogP) is 9.71. The van der Waals surface area contributed by atoms with Crippen molar-refractivity contribution in [1.29, 1.82) is 0 Å². The van der Waals surface area contributed by atoms with Crippen LogP contribution in [0.15, 0.2) is 57.7 Å². The van der Waals surface area contributed by atoms with Crippen LogP contribution in [-0.2, 0) is 22.9 Å². The normalized spacial score (nSPS) is 12.0. The van der Waals surface area contributed by atoms with Crippen molar-refractivity contribution in [3.8, 4) is 0 Å². The van der Waals surface area contributed by atoms with Crippen LogP contribution in [0.4, 0.5) is 0 Å². The molecule has 0 unspecified atom stereocenters. The number of hydrogen-bond donors (Lipinski definition) is 1. The number of carbonyl (C=O) groups is 2. The molecule has 0 aliphatic carbocycles. The van der Waals surface area contributed by atoms with Crippen molar-refractivity contribution in [3.63, 3.8) is 0 Å². The molecular formula is C31H41Br3N2O5Si2. The summed E-state index contributed by atoms with van der Waals surface area (Å²) in [6, 6.07) is 13.4. The average Bonchev–Trinajstić information content (AvgIpc) is 3.54. The van der Waals surface area contributed by atoms with Gasteiger partial charge in [-0.25, -0.2) is 4.79 Å². The summed E-state index contributed by atoms with van der Waals surface area (Å²) >= 11 is 10.3. The van der Waals surface area contributed by atoms with E-state index in [2.05, 4.69) is 87.1 Å². The van der Waals surface area contributed by atoms with Gasteiger partial charge in [-0.3, -0.25) is 4.79 Å². The van der Waals surface area contributed by atoms with E-state index in [1.54, 1.807) is 12.1 Å². The summed E-state index contributed by atoms with van der Waals surface area (Å²) in [5, 5.41) is 11.6. The van der Waals surface area contributed by atoms with Crippen LogP contribution in [-0.4, -0.2) is 60.7 Å². The molecule has 0 spiro atoms. The van der Waals surface area contributed by atoms with Crippen molar-refractivity contribution < 1.29 is 24.2 Å². The first-order valence-corrected chi connectivity index (χ1v) is 24.3. The van der Waals surface area contributed by atoms with Gasteiger partial charge in [-0.15, -0.1) is 0 Å². The summed E-state index contributed by atoms with van der Waals surface area (Å²) in [4.78, 5) is 23.5. The number of hydrogen-bond acceptors (Lipinski definition) is 4. The number of aromatic carboxylic acids is 1. The van der Waals surface area contributed by atoms with Crippen molar-refractivity contribution in [1.82, 2.24) is 9.13 Å². The maximum Gasteiger partial charge on any atom is 0.337 e. The van der Waals surface area contributed by atoms with Crippen LogP contribution in [0.2, 0.25) is 51.4 Å². The number of carbonyl (C=O) groups excluding carboxylic acids is 1. The van der Waals surface area contributed by atoms with Gasteiger partial charge in [0.2, 0.25) is 0 Å². The summed E-state index contributed by atoms with van der Waals surface area (Å²) in [5.74, 6) is -0.839. The van der Waals surface area contributed by atoms with E-state index >= 15 is 0 Å². The van der Waals surface area contributed by atoms with Gasteiger partial charge in [0.25, 0.3) is 0 Å². The molecule has 0 saturated heterocycles. The quantitative estimate of drug-likeness (QED) is 0.0629. The lowest BCUT2D eigenvalue weighted by Gasteiger charge is -2.16. The van der Waals surface area contributed by atoms with E-state index in [-0.39, 0.29) is 5.78 Å². The molecule has 2 aromatic carbocycles. The molecule has 43 heavy (non-hydrogen) atoms. The standard InChI is InChI=1S/C16H21Br2NO2Si.C15H20BrNO3Si/c1-22(2,3)9-8-21-11-19-7-6-12-14(18)5-4-13(16(12)19)15(20)10-17;1-21(2,3)9-8-20-10-17-7-6-11-13(16)5-4-12(14(11)17)15(18)19/h4-7H,8-11H2,1-3H3;4-7H,8-10H2,1-3H3,(H,18,19). The Hall–Kier alpha value is -1.55. The van der Waals surface area contributed by atoms with Crippen LogP contribution in [0, 0.1) is 0 Å². The van der Waals surface area contributed by atoms with Crippen molar-refractivity contribution in [2.45, 2.75) is 64.8 Å². The van der Waals surface area contributed by atoms with Crippen molar-refractivity contribution in [3.05, 3.63) is 68.9 Å². The van der Waals surface area contributed by atoms with Crippen LogP contribution < -0.4 is 0 Å². The fourth-order valence-corrected chi connectivity index (χ4v) is 7.07. The molecule has 234 valence electrons. The number of Topliss-reactive ketones (excluding diaryl/α,β-unsaturated/α-hetero) is 1. The second kappa shape index (κ2) is 15.6. The number of benzene rings is 2. The molecule has 0 aliphatic heterocycles. The Labute approximate surface area is 281 Å². The summed E-state index contributed by atoms with van der Waals surface area (Å²) < 4.78 is 17.3. The zero-order chi connectivity index (χ0) is 31.9. The van der Waals surface area contributed by atoms with Gasteiger partial charge in [-0.1, -0.05) is 87.1 Å². The first kappa shape index (κ1) is 35.9. The fourth-order valence-electron chi connectivity index (χ4n) is 4.35. The lowest BCUT2D eigenvalue weighted by atomic mass is 10.1. The van der Waals surface area contributed by atoms with Crippen LogP contribution in [0.1, 0.15) is 20.7 Å². The average molecular weight is 818 g/mol. The molecule has 2 aromatic heterocycles. The number of nitrogens with zero attached hydrogens (tertiary/aromatic N) is 2. The molecule has 12 heteroatoms. The lowest BCUT2D eigenvalue weighted by molar-refractivity contribution is 0.0696. The number of alkyl halides is 1. The first-order chi connectivity index (χ1) is 20.1. The molecule has 2 heterocycles. The van der Waals surface area contributed by atoms with Gasteiger partial charge < -0.3 is 23.7 Å². The molecule has 0 bridgehead atoms. The molecule has 0 saturated carbocycles. The second-order valence-corrected chi connectivity index (χ2v) is 26.4. The summed E-state index contributed by atoms with van der Waals surface area (Å²) in [6.45, 7) is 16.3. The third-order valence-corrected chi connectivity index (χ3v) is 12.2. The van der Waals surface area contributed by atoms with E-state index in [1.165, 1.54) is 0 Å². The van der Waals surface area contributed by atoms with Gasteiger partial charge >= 0.3 is 5.97 Å². The van der Waals surface area contributed by atoms with Gasteiger partial charge in [0.1, 0.15) is 13.5 Å². The number of halogens is 3. The molecule has 4 rings (SSSR count). The summed E-state index contributed by atoms with van der Waals surface area (Å²) in [5.41, 5.74) is 2.66. The predicted molar refractivity (Wildman–Crippen MR) is 193 cm³/mol. The molecular weight excluding hydrogens is 776 g/mol. The molecule has 0 aliphatic rings. The second-order valence-electron chi connectivity index (χ2n) is 12.8. The van der Waals surface area contributed by atoms with Gasteiger partial charge in [0.15, 0.2) is 5.78 Å². The topological polar surface area (TPSA) is 82.7 Å². The van der Waals surface area contributed by atoms with Crippen LogP contribution in [0.3, 0.4) is 0 Å². The van der Waals surface area contributed by atoms with E-state index < -0.39 is 22.1 Å². The largest absolute Gasteiger partial charge is 0.478 e. The number of aromatic nitrogens is 2. The van der Waals surface area contributed by atoms with Crippen LogP contribution >= 0.6 is 47.8 Å². The monoisotopic (exact) mass is 814 g/mol. The Balaban J connectivity index is 0.000000236. The number of carboxylic acid groups (broad SMARTS) is 1.